The molecule has 2 aliphatic rings. The van der Waals surface area contributed by atoms with E-state index in [1.807, 2.05) is 24.3 Å². The van der Waals surface area contributed by atoms with Crippen LogP contribution in [0.5, 0.6) is 11.5 Å². The number of fused-ring (bicyclic) bond motifs is 2. The maximum Gasteiger partial charge on any atom is 0.255 e. The molecule has 2 aliphatic heterocycles. The molecule has 0 spiro atoms. The van der Waals surface area contributed by atoms with Crippen molar-refractivity contribution in [1.82, 2.24) is 10.2 Å². The second kappa shape index (κ2) is 8.64. The van der Waals surface area contributed by atoms with E-state index in [-0.39, 0.29) is 11.9 Å². The molecule has 2 aromatic carbocycles. The minimum atomic E-state index is -0.103. The van der Waals surface area contributed by atoms with Crippen molar-refractivity contribution < 1.29 is 14.3 Å². The molecular formula is C23H27ClN2O3. The molecule has 0 aliphatic carbocycles. The summed E-state index contributed by atoms with van der Waals surface area (Å²) in [5.41, 5.74) is 1.76. The van der Waals surface area contributed by atoms with Gasteiger partial charge in [-0.25, -0.2) is 0 Å². The largest absolute Gasteiger partial charge is 0.493 e. The molecule has 2 bridgehead atoms. The minimum Gasteiger partial charge on any atom is -0.493 e. The van der Waals surface area contributed by atoms with E-state index >= 15 is 0 Å². The number of carbonyl (C=O) groups excluding carboxylic acids is 1. The Labute approximate surface area is 176 Å². The third kappa shape index (κ3) is 4.21. The van der Waals surface area contributed by atoms with Crippen molar-refractivity contribution in [2.24, 2.45) is 0 Å². The fourth-order valence-corrected chi connectivity index (χ4v) is 5.04. The van der Waals surface area contributed by atoms with E-state index in [9.17, 15) is 4.79 Å². The lowest BCUT2D eigenvalue weighted by molar-refractivity contribution is 0.0825. The number of amides is 1. The first kappa shape index (κ1) is 20.0. The van der Waals surface area contributed by atoms with Gasteiger partial charge in [-0.3, -0.25) is 9.69 Å². The Morgan fingerprint density at radius 3 is 2.48 bits per heavy atom. The Morgan fingerprint density at radius 1 is 1.10 bits per heavy atom. The SMILES string of the molecule is COc1cccc(C(=O)NC2CC3CCC(C2)N3Cc2cccc(Cl)c2)c1OC. The topological polar surface area (TPSA) is 50.8 Å². The van der Waals surface area contributed by atoms with Crippen LogP contribution in [0.4, 0.5) is 0 Å². The second-order valence-electron chi connectivity index (χ2n) is 7.87. The van der Waals surface area contributed by atoms with E-state index in [1.165, 1.54) is 18.4 Å². The van der Waals surface area contributed by atoms with Crippen LogP contribution in [0.15, 0.2) is 42.5 Å². The molecule has 0 radical (unpaired) electrons. The number of benzene rings is 2. The highest BCUT2D eigenvalue weighted by molar-refractivity contribution is 6.30. The van der Waals surface area contributed by atoms with Gasteiger partial charge in [0.05, 0.1) is 19.8 Å². The summed E-state index contributed by atoms with van der Waals surface area (Å²) in [5, 5.41) is 4.01. The highest BCUT2D eigenvalue weighted by Crippen LogP contribution is 2.37. The first-order valence-corrected chi connectivity index (χ1v) is 10.5. The van der Waals surface area contributed by atoms with Gasteiger partial charge in [-0.2, -0.15) is 0 Å². The molecule has 2 fully saturated rings. The molecule has 29 heavy (non-hydrogen) atoms. The quantitative estimate of drug-likeness (QED) is 0.766. The van der Waals surface area contributed by atoms with Crippen molar-refractivity contribution in [3.63, 3.8) is 0 Å². The number of carbonyl (C=O) groups is 1. The van der Waals surface area contributed by atoms with Crippen LogP contribution >= 0.6 is 11.6 Å². The summed E-state index contributed by atoms with van der Waals surface area (Å²) in [6.45, 7) is 0.917. The fraction of sp³-hybridized carbons (Fsp3) is 0.435. The summed E-state index contributed by atoms with van der Waals surface area (Å²) in [7, 11) is 3.13. The molecule has 2 aromatic rings. The lowest BCUT2D eigenvalue weighted by atomic mass is 9.96. The molecule has 0 aromatic heterocycles. The van der Waals surface area contributed by atoms with Crippen LogP contribution in [0.1, 0.15) is 41.6 Å². The molecule has 5 nitrogen and oxygen atoms in total. The zero-order valence-corrected chi connectivity index (χ0v) is 17.6. The van der Waals surface area contributed by atoms with Crippen LogP contribution in [0.3, 0.4) is 0 Å². The second-order valence-corrected chi connectivity index (χ2v) is 8.31. The van der Waals surface area contributed by atoms with Gasteiger partial charge >= 0.3 is 0 Å². The zero-order valence-electron chi connectivity index (χ0n) is 16.9. The Hall–Kier alpha value is -2.24. The van der Waals surface area contributed by atoms with Crippen molar-refractivity contribution in [3.05, 3.63) is 58.6 Å². The summed E-state index contributed by atoms with van der Waals surface area (Å²) >= 11 is 6.15. The molecular weight excluding hydrogens is 388 g/mol. The van der Waals surface area contributed by atoms with E-state index in [0.717, 1.165) is 24.4 Å². The molecule has 1 N–H and O–H groups in total. The summed E-state index contributed by atoms with van der Waals surface area (Å²) < 4.78 is 10.7. The lowest BCUT2D eigenvalue weighted by Gasteiger charge is -2.39. The van der Waals surface area contributed by atoms with Crippen molar-refractivity contribution in [3.8, 4) is 11.5 Å². The number of halogens is 1. The molecule has 2 saturated heterocycles. The fourth-order valence-electron chi connectivity index (χ4n) is 4.83. The first-order valence-electron chi connectivity index (χ1n) is 10.1. The van der Waals surface area contributed by atoms with Crippen molar-refractivity contribution in [2.75, 3.05) is 14.2 Å². The summed E-state index contributed by atoms with van der Waals surface area (Å²) in [5.74, 6) is 0.943. The Morgan fingerprint density at radius 2 is 1.83 bits per heavy atom. The van der Waals surface area contributed by atoms with Gasteiger partial charge in [0.15, 0.2) is 11.5 Å². The van der Waals surface area contributed by atoms with Crippen LogP contribution in [-0.4, -0.2) is 43.2 Å². The average Bonchev–Trinajstić information content (AvgIpc) is 2.95. The average molecular weight is 415 g/mol. The zero-order chi connectivity index (χ0) is 20.4. The third-order valence-electron chi connectivity index (χ3n) is 6.12. The van der Waals surface area contributed by atoms with Crippen molar-refractivity contribution in [1.29, 1.82) is 0 Å². The van der Waals surface area contributed by atoms with Gasteiger partial charge in [0.1, 0.15) is 0 Å². The monoisotopic (exact) mass is 414 g/mol. The molecule has 6 heteroatoms. The number of methoxy groups -OCH3 is 2. The van der Waals surface area contributed by atoms with Gasteiger partial charge in [-0.15, -0.1) is 0 Å². The molecule has 2 unspecified atom stereocenters. The Kier molecular flexibility index (Phi) is 5.97. The highest BCUT2D eigenvalue weighted by atomic mass is 35.5. The van der Waals surface area contributed by atoms with Crippen LogP contribution in [0.25, 0.3) is 0 Å². The Balaban J connectivity index is 1.42. The summed E-state index contributed by atoms with van der Waals surface area (Å²) in [6, 6.07) is 14.6. The van der Waals surface area contributed by atoms with E-state index < -0.39 is 0 Å². The normalized spacial score (nSPS) is 23.6. The van der Waals surface area contributed by atoms with Crippen molar-refractivity contribution in [2.45, 2.75) is 50.4 Å². The van der Waals surface area contributed by atoms with E-state index in [1.54, 1.807) is 26.4 Å². The van der Waals surface area contributed by atoms with E-state index in [4.69, 9.17) is 21.1 Å². The van der Waals surface area contributed by atoms with Crippen LogP contribution in [0.2, 0.25) is 5.02 Å². The Bertz CT molecular complexity index is 874. The van der Waals surface area contributed by atoms with Crippen molar-refractivity contribution >= 4 is 17.5 Å². The maximum absolute atomic E-state index is 12.9. The first-order chi connectivity index (χ1) is 14.1. The van der Waals surface area contributed by atoms with Crippen LogP contribution < -0.4 is 14.8 Å². The van der Waals surface area contributed by atoms with Gasteiger partial charge in [0.25, 0.3) is 5.91 Å². The molecule has 154 valence electrons. The number of piperidine rings is 1. The lowest BCUT2D eigenvalue weighted by Crippen LogP contribution is -2.50. The highest BCUT2D eigenvalue weighted by Gasteiger charge is 2.41. The number of nitrogens with one attached hydrogen (secondary N) is 1. The van der Waals surface area contributed by atoms with Crippen LogP contribution in [-0.2, 0) is 6.54 Å². The number of ether oxygens (including phenoxy) is 2. The van der Waals surface area contributed by atoms with Gasteiger partial charge in [0.2, 0.25) is 0 Å². The molecule has 2 atom stereocenters. The summed E-state index contributed by atoms with van der Waals surface area (Å²) in [4.78, 5) is 15.5. The van der Waals surface area contributed by atoms with Gasteiger partial charge in [-0.1, -0.05) is 29.8 Å². The van der Waals surface area contributed by atoms with E-state index in [0.29, 0.717) is 29.1 Å². The predicted octanol–water partition coefficient (Wildman–Crippen LogP) is 4.28. The smallest absolute Gasteiger partial charge is 0.255 e. The maximum atomic E-state index is 12.9. The van der Waals surface area contributed by atoms with Gasteiger partial charge < -0.3 is 14.8 Å². The standard InChI is InChI=1S/C23H27ClN2O3/c1-28-21-8-4-7-20(22(21)29-2)23(27)25-17-12-18-9-10-19(13-17)26(18)14-15-5-3-6-16(24)11-15/h3-8,11,17-19H,9-10,12-14H2,1-2H3,(H,25,27). The molecule has 0 saturated carbocycles. The number of rotatable bonds is 6. The number of hydrogen-bond acceptors (Lipinski definition) is 4. The number of hydrogen-bond donors (Lipinski definition) is 1. The number of nitrogens with zero attached hydrogens (tertiary/aromatic N) is 1. The predicted molar refractivity (Wildman–Crippen MR) is 114 cm³/mol. The van der Waals surface area contributed by atoms with Crippen LogP contribution in [0, 0.1) is 0 Å². The molecule has 4 rings (SSSR count). The molecule has 1 amide bonds. The molecule has 2 heterocycles. The minimum absolute atomic E-state index is 0.103. The summed E-state index contributed by atoms with van der Waals surface area (Å²) in [6.07, 6.45) is 4.30. The third-order valence-corrected chi connectivity index (χ3v) is 6.36. The van der Waals surface area contributed by atoms with Gasteiger partial charge in [0, 0.05) is 29.7 Å². The van der Waals surface area contributed by atoms with E-state index in [2.05, 4.69) is 16.3 Å². The number of para-hydroxylation sites is 1. The van der Waals surface area contributed by atoms with Gasteiger partial charge in [-0.05, 0) is 55.5 Å².